The third-order valence-electron chi connectivity index (χ3n) is 1.36. The van der Waals surface area contributed by atoms with Gasteiger partial charge in [0.05, 0.1) is 11.7 Å². The predicted molar refractivity (Wildman–Crippen MR) is 47.4 cm³/mol. The first-order valence-corrected chi connectivity index (χ1v) is 4.14. The molecule has 2 heterocycles. The van der Waals surface area contributed by atoms with Gasteiger partial charge in [0.25, 0.3) is 0 Å². The summed E-state index contributed by atoms with van der Waals surface area (Å²) >= 11 is 1.11. The zero-order chi connectivity index (χ0) is 8.23. The van der Waals surface area contributed by atoms with Crippen LogP contribution in [-0.2, 0) is 0 Å². The Morgan fingerprint density at radius 2 is 2.42 bits per heavy atom. The fraction of sp³-hybridized carbons (Fsp3) is 0. The number of aromatic nitrogens is 4. The molecule has 0 saturated carbocycles. The number of nitrogens with one attached hydrogen (secondary N) is 1. The molecule has 0 saturated heterocycles. The standard InChI is InChI=1S/C7H6N4S/c1(6-3-4-8-5-6)2-7-9-11-12-10-7/h1-5,8H/b2-1+. The van der Waals surface area contributed by atoms with Crippen molar-refractivity contribution < 1.29 is 0 Å². The number of nitrogens with zero attached hydrogens (tertiary/aromatic N) is 3. The molecule has 0 amide bonds. The average molecular weight is 178 g/mol. The fourth-order valence-corrected chi connectivity index (χ4v) is 1.15. The van der Waals surface area contributed by atoms with Gasteiger partial charge < -0.3 is 4.98 Å². The lowest BCUT2D eigenvalue weighted by molar-refractivity contribution is 1.11. The van der Waals surface area contributed by atoms with Crippen molar-refractivity contribution >= 4 is 23.9 Å². The van der Waals surface area contributed by atoms with Gasteiger partial charge in [0, 0.05) is 12.4 Å². The first-order chi connectivity index (χ1) is 5.95. The van der Waals surface area contributed by atoms with E-state index in [-0.39, 0.29) is 0 Å². The Labute approximate surface area is 73.3 Å². The zero-order valence-electron chi connectivity index (χ0n) is 6.14. The van der Waals surface area contributed by atoms with Gasteiger partial charge in [-0.3, -0.25) is 0 Å². The van der Waals surface area contributed by atoms with Gasteiger partial charge in [-0.05, 0) is 23.8 Å². The molecule has 0 radical (unpaired) electrons. The molecule has 1 N–H and O–H groups in total. The van der Waals surface area contributed by atoms with E-state index in [0.717, 1.165) is 17.3 Å². The summed E-state index contributed by atoms with van der Waals surface area (Å²) in [5.74, 6) is 0.654. The SMILES string of the molecule is C(=C\c1nnsn1)/c1cc[nH]c1. The van der Waals surface area contributed by atoms with Crippen molar-refractivity contribution in [3.63, 3.8) is 0 Å². The van der Waals surface area contributed by atoms with Gasteiger partial charge in [0.15, 0.2) is 5.82 Å². The predicted octanol–water partition coefficient (Wildman–Crippen LogP) is 1.43. The van der Waals surface area contributed by atoms with E-state index in [0.29, 0.717) is 5.82 Å². The number of aromatic amines is 1. The molecule has 0 atom stereocenters. The van der Waals surface area contributed by atoms with E-state index >= 15 is 0 Å². The van der Waals surface area contributed by atoms with Crippen LogP contribution in [0.15, 0.2) is 18.5 Å². The van der Waals surface area contributed by atoms with Crippen molar-refractivity contribution in [3.05, 3.63) is 29.8 Å². The van der Waals surface area contributed by atoms with Gasteiger partial charge in [-0.15, -0.1) is 5.10 Å². The molecular weight excluding hydrogens is 172 g/mol. The summed E-state index contributed by atoms with van der Waals surface area (Å²) in [6, 6.07) is 1.97. The molecule has 0 fully saturated rings. The van der Waals surface area contributed by atoms with Crippen LogP contribution >= 0.6 is 11.7 Å². The molecule has 0 bridgehead atoms. The van der Waals surface area contributed by atoms with Crippen molar-refractivity contribution in [2.75, 3.05) is 0 Å². The molecule has 2 aromatic heterocycles. The Morgan fingerprint density at radius 3 is 3.08 bits per heavy atom. The molecule has 0 aliphatic rings. The number of H-pyrrole nitrogens is 1. The molecular formula is C7H6N4S. The average Bonchev–Trinajstić information content (AvgIpc) is 2.74. The van der Waals surface area contributed by atoms with E-state index in [2.05, 4.69) is 18.9 Å². The largest absolute Gasteiger partial charge is 0.367 e. The van der Waals surface area contributed by atoms with E-state index in [1.807, 2.05) is 30.6 Å². The maximum atomic E-state index is 3.94. The van der Waals surface area contributed by atoms with Gasteiger partial charge in [-0.2, -0.15) is 4.37 Å². The summed E-state index contributed by atoms with van der Waals surface area (Å²) in [6.07, 6.45) is 7.52. The van der Waals surface area contributed by atoms with E-state index in [4.69, 9.17) is 0 Å². The Hall–Kier alpha value is -1.49. The summed E-state index contributed by atoms with van der Waals surface area (Å²) in [5.41, 5.74) is 1.10. The maximum absolute atomic E-state index is 3.94. The van der Waals surface area contributed by atoms with Crippen LogP contribution in [0, 0.1) is 0 Å². The molecule has 0 unspecified atom stereocenters. The number of hydrogen-bond acceptors (Lipinski definition) is 4. The normalized spacial score (nSPS) is 11.0. The highest BCUT2D eigenvalue weighted by Crippen LogP contribution is 2.02. The van der Waals surface area contributed by atoms with E-state index in [1.165, 1.54) is 0 Å². The minimum atomic E-state index is 0.654. The second kappa shape index (κ2) is 3.27. The third kappa shape index (κ3) is 1.57. The van der Waals surface area contributed by atoms with Crippen LogP contribution < -0.4 is 0 Å². The first-order valence-electron chi connectivity index (χ1n) is 3.41. The van der Waals surface area contributed by atoms with Crippen LogP contribution in [0.4, 0.5) is 0 Å². The molecule has 0 aliphatic heterocycles. The van der Waals surface area contributed by atoms with Crippen molar-refractivity contribution in [2.45, 2.75) is 0 Å². The molecule has 60 valence electrons. The summed E-state index contributed by atoms with van der Waals surface area (Å²) < 4.78 is 7.58. The van der Waals surface area contributed by atoms with Crippen molar-refractivity contribution in [2.24, 2.45) is 0 Å². The highest BCUT2D eigenvalue weighted by atomic mass is 32.1. The van der Waals surface area contributed by atoms with E-state index < -0.39 is 0 Å². The number of rotatable bonds is 2. The molecule has 0 spiro atoms. The zero-order valence-corrected chi connectivity index (χ0v) is 6.95. The minimum absolute atomic E-state index is 0.654. The van der Waals surface area contributed by atoms with Gasteiger partial charge in [0.1, 0.15) is 0 Å². The van der Waals surface area contributed by atoms with Crippen LogP contribution in [0.25, 0.3) is 12.2 Å². The molecule has 5 heteroatoms. The van der Waals surface area contributed by atoms with Gasteiger partial charge >= 0.3 is 0 Å². The molecule has 0 aromatic carbocycles. The summed E-state index contributed by atoms with van der Waals surface area (Å²) in [5, 5.41) is 3.78. The first kappa shape index (κ1) is 7.17. The highest BCUT2D eigenvalue weighted by Gasteiger charge is 1.90. The lowest BCUT2D eigenvalue weighted by atomic mass is 10.3. The van der Waals surface area contributed by atoms with Crippen LogP contribution in [0.5, 0.6) is 0 Å². The molecule has 0 aliphatic carbocycles. The second-order valence-electron chi connectivity index (χ2n) is 2.19. The molecule has 4 nitrogen and oxygen atoms in total. The monoisotopic (exact) mass is 178 g/mol. The summed E-state index contributed by atoms with van der Waals surface area (Å²) in [7, 11) is 0. The fourth-order valence-electron chi connectivity index (χ4n) is 0.813. The molecule has 12 heavy (non-hydrogen) atoms. The Balaban J connectivity index is 2.14. The Morgan fingerprint density at radius 1 is 1.42 bits per heavy atom. The molecule has 2 aromatic rings. The second-order valence-corrected chi connectivity index (χ2v) is 2.70. The minimum Gasteiger partial charge on any atom is -0.367 e. The Kier molecular flexibility index (Phi) is 1.96. The van der Waals surface area contributed by atoms with Crippen molar-refractivity contribution in [1.82, 2.24) is 18.9 Å². The Bertz CT molecular complexity index is 312. The van der Waals surface area contributed by atoms with E-state index in [1.54, 1.807) is 0 Å². The van der Waals surface area contributed by atoms with Gasteiger partial charge in [-0.25, -0.2) is 0 Å². The summed E-state index contributed by atoms with van der Waals surface area (Å²) in [4.78, 5) is 2.95. The van der Waals surface area contributed by atoms with Crippen LogP contribution in [-0.4, -0.2) is 18.9 Å². The van der Waals surface area contributed by atoms with Crippen molar-refractivity contribution in [1.29, 1.82) is 0 Å². The van der Waals surface area contributed by atoms with Crippen LogP contribution in [0.2, 0.25) is 0 Å². The topological polar surface area (TPSA) is 54.5 Å². The number of hydrogen-bond donors (Lipinski definition) is 1. The lowest BCUT2D eigenvalue weighted by Gasteiger charge is -1.79. The maximum Gasteiger partial charge on any atom is 0.189 e. The van der Waals surface area contributed by atoms with Crippen LogP contribution in [0.3, 0.4) is 0 Å². The molecule has 2 rings (SSSR count). The van der Waals surface area contributed by atoms with Crippen molar-refractivity contribution in [3.8, 4) is 0 Å². The van der Waals surface area contributed by atoms with E-state index in [9.17, 15) is 0 Å². The lowest BCUT2D eigenvalue weighted by Crippen LogP contribution is -1.73. The smallest absolute Gasteiger partial charge is 0.189 e. The van der Waals surface area contributed by atoms with Crippen LogP contribution in [0.1, 0.15) is 11.4 Å². The summed E-state index contributed by atoms with van der Waals surface area (Å²) in [6.45, 7) is 0. The third-order valence-corrected chi connectivity index (χ3v) is 1.78. The van der Waals surface area contributed by atoms with Gasteiger partial charge in [0.2, 0.25) is 0 Å². The highest BCUT2D eigenvalue weighted by molar-refractivity contribution is 6.98. The quantitative estimate of drug-likeness (QED) is 0.756. The van der Waals surface area contributed by atoms with Gasteiger partial charge in [-0.1, -0.05) is 4.49 Å².